The second-order valence-corrected chi connectivity index (χ2v) is 18.9. The molecule has 0 fully saturated rings. The van der Waals surface area contributed by atoms with Gasteiger partial charge < -0.3 is 0 Å². The molecule has 8 aromatic carbocycles. The van der Waals surface area contributed by atoms with Gasteiger partial charge in [0, 0.05) is 5.41 Å². The average molecular weight is 847 g/mol. The lowest BCUT2D eigenvalue weighted by molar-refractivity contribution is 0.660. The first-order chi connectivity index (χ1) is 31.5. The van der Waals surface area contributed by atoms with Gasteiger partial charge in [0.1, 0.15) is 0 Å². The van der Waals surface area contributed by atoms with Crippen LogP contribution < -0.4 is 0 Å². The molecule has 0 N–H and O–H groups in total. The predicted octanol–water partition coefficient (Wildman–Crippen LogP) is 18.1. The predicted molar refractivity (Wildman–Crippen MR) is 283 cm³/mol. The number of rotatable bonds is 8. The molecule has 0 heteroatoms. The highest BCUT2D eigenvalue weighted by Crippen LogP contribution is 2.48. The lowest BCUT2D eigenvalue weighted by atomic mass is 9.82. The van der Waals surface area contributed by atoms with Crippen LogP contribution in [0.2, 0.25) is 0 Å². The van der Waals surface area contributed by atoms with E-state index in [9.17, 15) is 0 Å². The maximum absolute atomic E-state index is 2.34. The van der Waals surface area contributed by atoms with Crippen LogP contribution in [0.25, 0.3) is 61.7 Å². The zero-order valence-electron chi connectivity index (χ0n) is 40.0. The first-order valence-corrected chi connectivity index (χ1v) is 24.0. The van der Waals surface area contributed by atoms with Crippen molar-refractivity contribution in [1.29, 1.82) is 0 Å². The zero-order chi connectivity index (χ0) is 45.5. The van der Waals surface area contributed by atoms with Crippen LogP contribution in [0.5, 0.6) is 0 Å². The van der Waals surface area contributed by atoms with Crippen LogP contribution in [-0.4, -0.2) is 0 Å². The third-order valence-corrected chi connectivity index (χ3v) is 13.6. The first kappa shape index (κ1) is 45.1. The van der Waals surface area contributed by atoms with E-state index >= 15 is 0 Å². The summed E-state index contributed by atoms with van der Waals surface area (Å²) in [6.07, 6.45) is 10.3. The summed E-state index contributed by atoms with van der Waals surface area (Å²) in [4.78, 5) is 0. The van der Waals surface area contributed by atoms with Crippen molar-refractivity contribution in [1.82, 2.24) is 0 Å². The van der Waals surface area contributed by atoms with Gasteiger partial charge in [-0.05, 0) is 147 Å². The highest BCUT2D eigenvalue weighted by molar-refractivity contribution is 5.82. The summed E-state index contributed by atoms with van der Waals surface area (Å²) in [6.45, 7) is 17.9. The molecule has 10 rings (SSSR count). The molecule has 0 heterocycles. The molecular formula is C65H66. The lowest BCUT2D eigenvalue weighted by Gasteiger charge is -2.21. The van der Waals surface area contributed by atoms with E-state index in [1.807, 2.05) is 0 Å². The van der Waals surface area contributed by atoms with Gasteiger partial charge in [0.15, 0.2) is 0 Å². The fourth-order valence-corrected chi connectivity index (χ4v) is 9.99. The molecule has 8 aromatic rings. The monoisotopic (exact) mass is 847 g/mol. The third kappa shape index (κ3) is 9.94. The van der Waals surface area contributed by atoms with E-state index in [0.29, 0.717) is 5.92 Å². The summed E-state index contributed by atoms with van der Waals surface area (Å²) < 4.78 is 0. The molecule has 0 aliphatic heterocycles. The fourth-order valence-electron chi connectivity index (χ4n) is 9.99. The molecule has 0 spiro atoms. The molecule has 2 aliphatic carbocycles. The molecule has 0 nitrogen and oxygen atoms in total. The Labute approximate surface area is 390 Å². The van der Waals surface area contributed by atoms with Gasteiger partial charge in [0.05, 0.1) is 0 Å². The summed E-state index contributed by atoms with van der Waals surface area (Å²) in [5.41, 5.74) is 26.3. The van der Waals surface area contributed by atoms with Gasteiger partial charge in [0.25, 0.3) is 0 Å². The number of benzene rings is 8. The van der Waals surface area contributed by atoms with Crippen LogP contribution in [0.4, 0.5) is 0 Å². The Balaban J connectivity index is 0.000000136. The molecule has 0 bridgehead atoms. The van der Waals surface area contributed by atoms with Crippen LogP contribution in [-0.2, 0) is 24.7 Å². The maximum atomic E-state index is 2.34. The molecule has 0 saturated carbocycles. The summed E-state index contributed by atoms with van der Waals surface area (Å²) in [5, 5.41) is 0. The molecule has 326 valence electrons. The van der Waals surface area contributed by atoms with Crippen molar-refractivity contribution in [2.24, 2.45) is 5.92 Å². The van der Waals surface area contributed by atoms with Crippen LogP contribution in [0.3, 0.4) is 0 Å². The number of hydrogen-bond acceptors (Lipinski definition) is 0. The van der Waals surface area contributed by atoms with Gasteiger partial charge in [-0.3, -0.25) is 0 Å². The van der Waals surface area contributed by atoms with Gasteiger partial charge in [-0.1, -0.05) is 241 Å². The van der Waals surface area contributed by atoms with Crippen molar-refractivity contribution >= 4 is 6.08 Å². The van der Waals surface area contributed by atoms with Gasteiger partial charge in [-0.15, -0.1) is 0 Å². The molecule has 0 amide bonds. The Bertz CT molecular complexity index is 2920. The topological polar surface area (TPSA) is 0 Å². The quantitative estimate of drug-likeness (QED) is 0.143. The largest absolute Gasteiger partial charge is 0.0808 e. The third-order valence-electron chi connectivity index (χ3n) is 13.6. The minimum atomic E-state index is 0.151. The van der Waals surface area contributed by atoms with E-state index in [4.69, 9.17) is 0 Å². The molecule has 0 radical (unpaired) electrons. The van der Waals surface area contributed by atoms with Gasteiger partial charge in [-0.25, -0.2) is 0 Å². The molecule has 65 heavy (non-hydrogen) atoms. The Hall–Kier alpha value is -6.50. The van der Waals surface area contributed by atoms with Gasteiger partial charge in [-0.2, -0.15) is 0 Å². The van der Waals surface area contributed by atoms with Crippen molar-refractivity contribution in [3.8, 4) is 55.6 Å². The Morgan fingerprint density at radius 1 is 0.462 bits per heavy atom. The number of allylic oxidation sites excluding steroid dienone is 1. The Kier molecular flexibility index (Phi) is 14.0. The number of fused-ring (bicyclic) bond motifs is 4. The normalized spacial score (nSPS) is 13.9. The Morgan fingerprint density at radius 2 is 1.06 bits per heavy atom. The van der Waals surface area contributed by atoms with Crippen LogP contribution in [0, 0.1) is 26.7 Å². The van der Waals surface area contributed by atoms with Gasteiger partial charge in [0.2, 0.25) is 0 Å². The smallest absolute Gasteiger partial charge is 0.0158 e. The molecule has 2 aliphatic rings. The molecule has 0 saturated heterocycles. The number of hydrogen-bond donors (Lipinski definition) is 0. The Morgan fingerprint density at radius 3 is 1.82 bits per heavy atom. The lowest BCUT2D eigenvalue weighted by Crippen LogP contribution is -2.14. The van der Waals surface area contributed by atoms with Crippen molar-refractivity contribution in [2.75, 3.05) is 0 Å². The summed E-state index contributed by atoms with van der Waals surface area (Å²) in [6, 6.07) is 64.6. The first-order valence-electron chi connectivity index (χ1n) is 24.0. The summed E-state index contributed by atoms with van der Waals surface area (Å²) in [5.74, 6) is 0.609. The van der Waals surface area contributed by atoms with Crippen molar-refractivity contribution in [2.45, 2.75) is 92.9 Å². The SMILES string of the molecule is CCCc1c(-c2ccc(C)cc2)cccc1-c1ccccc1C.CCCc1ccc(-c2cccc(-c3cccc4c3CC(C)C=C4)c2)cc1.Cc1ccc2c(c1)C(C)(C)c1ccccc1-2. The van der Waals surface area contributed by atoms with Crippen molar-refractivity contribution < 1.29 is 0 Å². The van der Waals surface area contributed by atoms with Crippen molar-refractivity contribution in [3.63, 3.8) is 0 Å². The summed E-state index contributed by atoms with van der Waals surface area (Å²) in [7, 11) is 0. The van der Waals surface area contributed by atoms with Crippen molar-refractivity contribution in [3.05, 3.63) is 232 Å². The average Bonchev–Trinajstić information content (AvgIpc) is 3.55. The van der Waals surface area contributed by atoms with Gasteiger partial charge >= 0.3 is 0 Å². The minimum absolute atomic E-state index is 0.151. The van der Waals surface area contributed by atoms with E-state index in [2.05, 4.69) is 243 Å². The van der Waals surface area contributed by atoms with E-state index in [1.165, 1.54) is 112 Å². The molecule has 1 unspecified atom stereocenters. The van der Waals surface area contributed by atoms with Crippen LogP contribution >= 0.6 is 0 Å². The second-order valence-electron chi connectivity index (χ2n) is 18.9. The summed E-state index contributed by atoms with van der Waals surface area (Å²) >= 11 is 0. The zero-order valence-corrected chi connectivity index (χ0v) is 40.0. The van der Waals surface area contributed by atoms with Crippen LogP contribution in [0.15, 0.2) is 182 Å². The fraction of sp³-hybridized carbons (Fsp3) is 0.231. The highest BCUT2D eigenvalue weighted by atomic mass is 14.4. The standard InChI is InChI=1S/C26H26.C23H24.C16H16/c1-3-6-20-12-15-21(16-13-20)23-8-4-9-24(18-23)25-10-5-7-22-14-11-19(2)17-26(22)25;1-4-8-22-21(19-15-13-17(2)14-16-19)11-7-12-23(22)20-10-6-5-9-18(20)3;1-11-8-9-13-12-6-4-5-7-14(12)16(2,3)15(13)10-11/h4-5,7-16,18-19H,3,6,17H2,1-2H3;5-7,9-16H,4,8H2,1-3H3;4-10H,1-3H3. The highest BCUT2D eigenvalue weighted by Gasteiger charge is 2.34. The molecular weight excluding hydrogens is 781 g/mol. The number of aryl methyl sites for hydroxylation is 4. The van der Waals surface area contributed by atoms with Crippen LogP contribution in [0.1, 0.15) is 97.5 Å². The molecule has 0 aromatic heterocycles. The van der Waals surface area contributed by atoms with E-state index in [1.54, 1.807) is 0 Å². The molecule has 1 atom stereocenters. The van der Waals surface area contributed by atoms with E-state index < -0.39 is 0 Å². The van der Waals surface area contributed by atoms with E-state index in [-0.39, 0.29) is 5.41 Å². The maximum Gasteiger partial charge on any atom is 0.0158 e. The second kappa shape index (κ2) is 20.1. The van der Waals surface area contributed by atoms with E-state index in [0.717, 1.165) is 25.7 Å². The minimum Gasteiger partial charge on any atom is -0.0808 e.